The normalized spacial score (nSPS) is 11.7. The Morgan fingerprint density at radius 1 is 0.509 bits per heavy atom. The molecule has 3 aromatic carbocycles. The van der Waals surface area contributed by atoms with E-state index in [1.807, 2.05) is 0 Å². The van der Waals surface area contributed by atoms with Crippen molar-refractivity contribution in [1.82, 2.24) is 30.0 Å². The second-order valence-corrected chi connectivity index (χ2v) is 15.0. The van der Waals surface area contributed by atoms with Crippen LogP contribution >= 0.6 is 30.2 Å². The maximum Gasteiger partial charge on any atom is 0.213 e. The number of nitrogens with zero attached hydrogens (tertiary/aromatic N) is 6. The van der Waals surface area contributed by atoms with Gasteiger partial charge in [0.05, 0.1) is 31.5 Å². The van der Waals surface area contributed by atoms with Crippen LogP contribution in [-0.4, -0.2) is 30.0 Å². The number of aromatic nitrogens is 6. The molecule has 21 heteroatoms. The summed E-state index contributed by atoms with van der Waals surface area (Å²) in [5, 5.41) is 13.9. The minimum Gasteiger partial charge on any atom is -0.284 e. The van der Waals surface area contributed by atoms with Crippen molar-refractivity contribution < 1.29 is 43.9 Å². The Morgan fingerprint density at radius 3 is 1.25 bits per heavy atom. The molecule has 0 saturated heterocycles. The topological polar surface area (TPSA) is 95.6 Å². The molecule has 0 atom stereocenters. The summed E-state index contributed by atoms with van der Waals surface area (Å²) in [5.74, 6) is -22.3. The summed E-state index contributed by atoms with van der Waals surface area (Å²) in [5.41, 5.74) is -3.12. The first-order valence-electron chi connectivity index (χ1n) is 14.4. The smallest absolute Gasteiger partial charge is 0.213 e. The van der Waals surface area contributed by atoms with Crippen LogP contribution < -0.4 is 10.3 Å². The van der Waals surface area contributed by atoms with Gasteiger partial charge in [-0.15, -0.1) is 32.9 Å². The summed E-state index contributed by atoms with van der Waals surface area (Å²) in [6.07, 6.45) is 1.75. The molecule has 0 spiro atoms. The van der Waals surface area contributed by atoms with Crippen molar-refractivity contribution in [2.45, 2.75) is 0 Å². The SMILES string of the molecule is O=c1c2cc(-c3cn(-c4c(F)c(F)c(F)c(F)c4F)nn3)sc2c2sc(-c3cn(-c4c(F)c(F)c(F)c(F)c4F)nn3)cc2c(=O)p1-c1ccccc1. The van der Waals surface area contributed by atoms with E-state index in [0.29, 0.717) is 14.7 Å². The average Bonchev–Trinajstić information content (AvgIpc) is 3.98. The molecule has 0 amide bonds. The van der Waals surface area contributed by atoms with Gasteiger partial charge >= 0.3 is 0 Å². The Bertz CT molecular complexity index is 2740. The molecule has 8 rings (SSSR count). The van der Waals surface area contributed by atoms with Crippen LogP contribution in [-0.2, 0) is 0 Å². The highest BCUT2D eigenvalue weighted by molar-refractivity contribution is 7.55. The van der Waals surface area contributed by atoms with Crippen LogP contribution in [0.15, 0.2) is 64.4 Å². The largest absolute Gasteiger partial charge is 0.284 e. The Hall–Kier alpha value is -5.72. The average molecular weight is 795 g/mol. The van der Waals surface area contributed by atoms with Crippen LogP contribution in [0.4, 0.5) is 43.9 Å². The van der Waals surface area contributed by atoms with Gasteiger partial charge in [-0.1, -0.05) is 40.8 Å². The first-order chi connectivity index (χ1) is 25.3. The van der Waals surface area contributed by atoms with Crippen molar-refractivity contribution in [3.63, 3.8) is 0 Å². The van der Waals surface area contributed by atoms with Crippen LogP contribution in [0.3, 0.4) is 0 Å². The number of fused-ring (bicyclic) bond motifs is 3. The number of rotatable bonds is 5. The van der Waals surface area contributed by atoms with Gasteiger partial charge in [-0.2, -0.15) is 0 Å². The zero-order valence-electron chi connectivity index (χ0n) is 25.2. The number of thiophene rings is 2. The molecule has 0 bridgehead atoms. The molecule has 5 aromatic heterocycles. The first-order valence-corrected chi connectivity index (χ1v) is 17.4. The monoisotopic (exact) mass is 794 g/mol. The highest BCUT2D eigenvalue weighted by Gasteiger charge is 2.30. The Balaban J connectivity index is 1.34. The number of halogens is 10. The fourth-order valence-electron chi connectivity index (χ4n) is 5.40. The third-order valence-electron chi connectivity index (χ3n) is 7.87. The zero-order chi connectivity index (χ0) is 37.6. The standard InChI is InChI=1S/C32H9F10N6O2PS2/c33-17-19(35)23(39)27(24(40)20(17)36)47-8-13(43-45-47)15-6-11-29(52-15)30-12(32(50)51(31(11)49)10-4-2-1-3-5-10)7-16(53-30)14-9-48(46-44-14)28-25(41)21(37)18(34)22(38)26(28)42/h1-9H. The quantitative estimate of drug-likeness (QED) is 0.0984. The number of hydrogen-bond donors (Lipinski definition) is 0. The summed E-state index contributed by atoms with van der Waals surface area (Å²) in [6, 6.07) is 10.7. The number of hydrogen-bond acceptors (Lipinski definition) is 8. The van der Waals surface area contributed by atoms with E-state index in [2.05, 4.69) is 20.6 Å². The van der Waals surface area contributed by atoms with Crippen molar-refractivity contribution >= 4 is 50.4 Å². The van der Waals surface area contributed by atoms with Crippen molar-refractivity contribution in [2.75, 3.05) is 0 Å². The molecule has 0 radical (unpaired) electrons. The summed E-state index contributed by atoms with van der Waals surface area (Å²) >= 11 is 1.74. The summed E-state index contributed by atoms with van der Waals surface area (Å²) in [7, 11) is -2.28. The lowest BCUT2D eigenvalue weighted by Gasteiger charge is -2.06. The molecule has 8 aromatic rings. The van der Waals surface area contributed by atoms with Gasteiger partial charge in [0.15, 0.2) is 46.5 Å². The fourth-order valence-corrected chi connectivity index (χ4v) is 9.87. The van der Waals surface area contributed by atoms with E-state index < -0.39 is 87.4 Å². The van der Waals surface area contributed by atoms with Crippen molar-refractivity contribution in [2.24, 2.45) is 0 Å². The Morgan fingerprint density at radius 2 is 0.868 bits per heavy atom. The molecule has 0 aliphatic heterocycles. The van der Waals surface area contributed by atoms with Gasteiger partial charge < -0.3 is 0 Å². The second kappa shape index (κ2) is 12.5. The molecule has 0 fully saturated rings. The molecule has 0 unspecified atom stereocenters. The van der Waals surface area contributed by atoms with Crippen LogP contribution in [0, 0.1) is 58.2 Å². The summed E-state index contributed by atoms with van der Waals surface area (Å²) in [6.45, 7) is 0. The first kappa shape index (κ1) is 34.4. The lowest BCUT2D eigenvalue weighted by Crippen LogP contribution is -2.10. The molecule has 0 aliphatic rings. The van der Waals surface area contributed by atoms with Gasteiger partial charge in [-0.25, -0.2) is 53.3 Å². The second-order valence-electron chi connectivity index (χ2n) is 10.9. The molecule has 0 N–H and O–H groups in total. The Labute approximate surface area is 294 Å². The van der Waals surface area contributed by atoms with Crippen molar-refractivity contribution in [3.05, 3.63) is 133 Å². The molecule has 266 valence electrons. The lowest BCUT2D eigenvalue weighted by molar-refractivity contribution is 0.373. The van der Waals surface area contributed by atoms with E-state index >= 15 is 0 Å². The van der Waals surface area contributed by atoms with Gasteiger partial charge in [0.25, 0.3) is 0 Å². The van der Waals surface area contributed by atoms with E-state index in [1.165, 1.54) is 12.1 Å². The van der Waals surface area contributed by atoms with E-state index in [9.17, 15) is 53.5 Å². The predicted molar refractivity (Wildman–Crippen MR) is 174 cm³/mol. The van der Waals surface area contributed by atoms with Gasteiger partial charge in [0.1, 0.15) is 22.8 Å². The van der Waals surface area contributed by atoms with Gasteiger partial charge in [0, 0.05) is 23.6 Å². The lowest BCUT2D eigenvalue weighted by atomic mass is 10.2. The van der Waals surface area contributed by atoms with E-state index in [0.717, 1.165) is 35.1 Å². The Kier molecular flexibility index (Phi) is 8.08. The molecule has 53 heavy (non-hydrogen) atoms. The third kappa shape index (κ3) is 5.19. The number of benzene rings is 3. The summed E-state index contributed by atoms with van der Waals surface area (Å²) < 4.78 is 142. The van der Waals surface area contributed by atoms with Gasteiger partial charge in [-0.05, 0) is 12.1 Å². The van der Waals surface area contributed by atoms with Gasteiger partial charge in [0.2, 0.25) is 22.0 Å². The molecular weight excluding hydrogens is 785 g/mol. The van der Waals surface area contributed by atoms with E-state index in [-0.39, 0.29) is 41.3 Å². The van der Waals surface area contributed by atoms with Crippen LogP contribution in [0.2, 0.25) is 0 Å². The van der Waals surface area contributed by atoms with Crippen LogP contribution in [0.1, 0.15) is 0 Å². The van der Waals surface area contributed by atoms with Crippen LogP contribution in [0.5, 0.6) is 0 Å². The molecular formula is C32H9F10N6O2PS2. The molecule has 5 heterocycles. The van der Waals surface area contributed by atoms with Crippen molar-refractivity contribution in [3.8, 4) is 37.8 Å². The highest BCUT2D eigenvalue weighted by atomic mass is 32.1. The minimum absolute atomic E-state index is 0.0105. The van der Waals surface area contributed by atoms with Crippen molar-refractivity contribution in [1.29, 1.82) is 0 Å². The molecule has 8 nitrogen and oxygen atoms in total. The fraction of sp³-hybridized carbons (Fsp3) is 0. The van der Waals surface area contributed by atoms with Gasteiger partial charge in [-0.3, -0.25) is 9.59 Å². The highest BCUT2D eigenvalue weighted by Crippen LogP contribution is 2.43. The minimum atomic E-state index is -2.37. The summed E-state index contributed by atoms with van der Waals surface area (Å²) in [4.78, 5) is 28.5. The van der Waals surface area contributed by atoms with E-state index in [4.69, 9.17) is 0 Å². The maximum absolute atomic E-state index is 14.5. The third-order valence-corrected chi connectivity index (χ3v) is 12.5. The predicted octanol–water partition coefficient (Wildman–Crippen LogP) is 8.70. The van der Waals surface area contributed by atoms with Crippen LogP contribution in [0.25, 0.3) is 58.0 Å². The molecule has 0 aliphatic carbocycles. The zero-order valence-corrected chi connectivity index (χ0v) is 27.8. The van der Waals surface area contributed by atoms with E-state index in [1.54, 1.807) is 30.3 Å². The maximum atomic E-state index is 14.5. The molecule has 0 saturated carbocycles.